The van der Waals surface area contributed by atoms with E-state index in [9.17, 15) is 8.78 Å². The van der Waals surface area contributed by atoms with Crippen LogP contribution in [0.5, 0.6) is 0 Å². The van der Waals surface area contributed by atoms with Crippen LogP contribution in [-0.4, -0.2) is 0 Å². The van der Waals surface area contributed by atoms with Gasteiger partial charge in [-0.2, -0.15) is 8.78 Å². The van der Waals surface area contributed by atoms with Crippen LogP contribution in [0.4, 0.5) is 8.78 Å². The van der Waals surface area contributed by atoms with Crippen molar-refractivity contribution in [2.75, 3.05) is 0 Å². The van der Waals surface area contributed by atoms with Crippen LogP contribution in [0, 0.1) is 11.8 Å². The molecule has 0 N–H and O–H groups in total. The predicted molar refractivity (Wildman–Crippen MR) is 63.7 cm³/mol. The lowest BCUT2D eigenvalue weighted by Gasteiger charge is -2.08. The molecule has 0 heterocycles. The van der Waals surface area contributed by atoms with Gasteiger partial charge in [-0.15, -0.1) is 0 Å². The first kappa shape index (κ1) is 11.3. The zero-order valence-corrected chi connectivity index (χ0v) is 9.03. The van der Waals surface area contributed by atoms with Gasteiger partial charge in [0, 0.05) is 11.1 Å². The summed E-state index contributed by atoms with van der Waals surface area (Å²) in [5.74, 6) is 1.38. The molecule has 0 atom stereocenters. The molecule has 0 bridgehead atoms. The van der Waals surface area contributed by atoms with E-state index in [2.05, 4.69) is 5.92 Å². The molecule has 0 fully saturated rings. The minimum Gasteiger partial charge on any atom is -0.186 e. The van der Waals surface area contributed by atoms with Crippen molar-refractivity contribution in [3.8, 4) is 11.8 Å². The molecule has 0 aliphatic carbocycles. The number of benzene rings is 2. The Kier molecular flexibility index (Phi) is 3.20. The Morgan fingerprint density at radius 3 is 1.88 bits per heavy atom. The van der Waals surface area contributed by atoms with Gasteiger partial charge in [0.05, 0.1) is 0 Å². The Bertz CT molecular complexity index is 533. The van der Waals surface area contributed by atoms with Crippen LogP contribution in [-0.2, 0) is 5.92 Å². The first-order valence-electron chi connectivity index (χ1n) is 5.20. The van der Waals surface area contributed by atoms with Gasteiger partial charge in [-0.3, -0.25) is 0 Å². The van der Waals surface area contributed by atoms with Crippen LogP contribution in [0.15, 0.2) is 60.7 Å². The van der Waals surface area contributed by atoms with Crippen molar-refractivity contribution < 1.29 is 8.78 Å². The molecule has 0 nitrogen and oxygen atoms in total. The molecule has 0 aromatic heterocycles. The maximum atomic E-state index is 13.7. The van der Waals surface area contributed by atoms with E-state index in [1.54, 1.807) is 42.5 Å². The normalized spacial score (nSPS) is 10.5. The third-order valence-corrected chi connectivity index (χ3v) is 2.27. The highest BCUT2D eigenvalue weighted by Crippen LogP contribution is 2.26. The zero-order chi connectivity index (χ0) is 12.1. The molecule has 2 aromatic rings. The summed E-state index contributed by atoms with van der Waals surface area (Å²) in [5, 5.41) is 0. The molecule has 84 valence electrons. The van der Waals surface area contributed by atoms with E-state index in [1.165, 1.54) is 12.1 Å². The number of hydrogen-bond acceptors (Lipinski definition) is 0. The van der Waals surface area contributed by atoms with Crippen molar-refractivity contribution in [3.05, 3.63) is 71.8 Å². The Morgan fingerprint density at radius 1 is 0.765 bits per heavy atom. The molecule has 0 saturated heterocycles. The van der Waals surface area contributed by atoms with Crippen molar-refractivity contribution in [3.63, 3.8) is 0 Å². The molecule has 0 saturated carbocycles. The van der Waals surface area contributed by atoms with Crippen molar-refractivity contribution in [2.24, 2.45) is 0 Å². The minimum absolute atomic E-state index is 0.0802. The number of rotatable bonds is 1. The van der Waals surface area contributed by atoms with Gasteiger partial charge >= 0.3 is 5.92 Å². The lowest BCUT2D eigenvalue weighted by atomic mass is 10.1. The van der Waals surface area contributed by atoms with Crippen molar-refractivity contribution in [1.29, 1.82) is 0 Å². The second-order valence-electron chi connectivity index (χ2n) is 3.56. The Hall–Kier alpha value is -2.14. The summed E-state index contributed by atoms with van der Waals surface area (Å²) in [6, 6.07) is 16.4. The average molecular weight is 228 g/mol. The zero-order valence-electron chi connectivity index (χ0n) is 9.03. The standard InChI is InChI=1S/C15H10F2/c16-15(17,14-9-5-2-6-10-14)12-11-13-7-3-1-4-8-13/h1-10H. The lowest BCUT2D eigenvalue weighted by Crippen LogP contribution is -2.09. The molecule has 0 aliphatic heterocycles. The van der Waals surface area contributed by atoms with E-state index in [4.69, 9.17) is 0 Å². The molecule has 0 unspecified atom stereocenters. The molecule has 0 spiro atoms. The van der Waals surface area contributed by atoms with Gasteiger partial charge in [-0.1, -0.05) is 54.5 Å². The summed E-state index contributed by atoms with van der Waals surface area (Å²) < 4.78 is 27.3. The summed E-state index contributed by atoms with van der Waals surface area (Å²) in [7, 11) is 0. The highest BCUT2D eigenvalue weighted by atomic mass is 19.3. The Morgan fingerprint density at radius 2 is 1.29 bits per heavy atom. The average Bonchev–Trinajstić information content (AvgIpc) is 2.39. The monoisotopic (exact) mass is 228 g/mol. The summed E-state index contributed by atoms with van der Waals surface area (Å²) in [6.45, 7) is 0. The van der Waals surface area contributed by atoms with Gasteiger partial charge in [0.15, 0.2) is 0 Å². The summed E-state index contributed by atoms with van der Waals surface area (Å²) in [6.07, 6.45) is 0. The maximum Gasteiger partial charge on any atom is 0.333 e. The third kappa shape index (κ3) is 2.92. The van der Waals surface area contributed by atoms with E-state index in [1.807, 2.05) is 12.0 Å². The molecule has 0 radical (unpaired) electrons. The second-order valence-corrected chi connectivity index (χ2v) is 3.56. The fourth-order valence-corrected chi connectivity index (χ4v) is 1.39. The van der Waals surface area contributed by atoms with Gasteiger partial charge in [0.25, 0.3) is 0 Å². The molecule has 0 aliphatic rings. The topological polar surface area (TPSA) is 0 Å². The van der Waals surface area contributed by atoms with E-state index in [-0.39, 0.29) is 5.56 Å². The van der Waals surface area contributed by atoms with E-state index in [0.29, 0.717) is 5.56 Å². The van der Waals surface area contributed by atoms with Gasteiger partial charge in [0.1, 0.15) is 0 Å². The first-order valence-corrected chi connectivity index (χ1v) is 5.20. The fourth-order valence-electron chi connectivity index (χ4n) is 1.39. The fraction of sp³-hybridized carbons (Fsp3) is 0.0667. The first-order chi connectivity index (χ1) is 8.18. The largest absolute Gasteiger partial charge is 0.333 e. The second kappa shape index (κ2) is 4.80. The molecule has 17 heavy (non-hydrogen) atoms. The van der Waals surface area contributed by atoms with Gasteiger partial charge in [-0.05, 0) is 18.1 Å². The van der Waals surface area contributed by atoms with E-state index in [0.717, 1.165) is 0 Å². The highest BCUT2D eigenvalue weighted by Gasteiger charge is 2.28. The quantitative estimate of drug-likeness (QED) is 0.651. The van der Waals surface area contributed by atoms with Gasteiger partial charge in [-0.25, -0.2) is 0 Å². The van der Waals surface area contributed by atoms with Crippen LogP contribution in [0.25, 0.3) is 0 Å². The third-order valence-electron chi connectivity index (χ3n) is 2.27. The van der Waals surface area contributed by atoms with Crippen LogP contribution >= 0.6 is 0 Å². The molecule has 2 rings (SSSR count). The minimum atomic E-state index is -3.11. The molecule has 2 heteroatoms. The summed E-state index contributed by atoms with van der Waals surface area (Å²) in [4.78, 5) is 0. The summed E-state index contributed by atoms with van der Waals surface area (Å²) in [5.41, 5.74) is 0.506. The highest BCUT2D eigenvalue weighted by molar-refractivity contribution is 5.38. The van der Waals surface area contributed by atoms with Crippen molar-refractivity contribution in [2.45, 2.75) is 5.92 Å². The number of hydrogen-bond donors (Lipinski definition) is 0. The number of halogens is 2. The Labute approximate surface area is 98.9 Å². The lowest BCUT2D eigenvalue weighted by molar-refractivity contribution is 0.0639. The molecule has 0 amide bonds. The SMILES string of the molecule is FC(F)(C#Cc1ccccc1)c1ccccc1. The van der Waals surface area contributed by atoms with E-state index < -0.39 is 5.92 Å². The van der Waals surface area contributed by atoms with E-state index >= 15 is 0 Å². The molecular formula is C15H10F2. The maximum absolute atomic E-state index is 13.7. The van der Waals surface area contributed by atoms with Crippen LogP contribution < -0.4 is 0 Å². The van der Waals surface area contributed by atoms with Crippen molar-refractivity contribution in [1.82, 2.24) is 0 Å². The summed E-state index contributed by atoms with van der Waals surface area (Å²) >= 11 is 0. The van der Waals surface area contributed by atoms with Crippen LogP contribution in [0.2, 0.25) is 0 Å². The van der Waals surface area contributed by atoms with Gasteiger partial charge in [0.2, 0.25) is 0 Å². The van der Waals surface area contributed by atoms with Crippen LogP contribution in [0.1, 0.15) is 11.1 Å². The smallest absolute Gasteiger partial charge is 0.186 e. The van der Waals surface area contributed by atoms with Crippen LogP contribution in [0.3, 0.4) is 0 Å². The van der Waals surface area contributed by atoms with Crippen molar-refractivity contribution >= 4 is 0 Å². The van der Waals surface area contributed by atoms with Gasteiger partial charge < -0.3 is 0 Å². The molecular weight excluding hydrogens is 218 g/mol. The number of alkyl halides is 2. The predicted octanol–water partition coefficient (Wildman–Crippen LogP) is 3.83. The molecule has 2 aromatic carbocycles. The Balaban J connectivity index is 2.27.